The largest absolute Gasteiger partial charge is 0.394 e. The van der Waals surface area contributed by atoms with Gasteiger partial charge in [0.15, 0.2) is 0 Å². The molecular formula is C9H17ClO3. The molecule has 0 atom stereocenters. The van der Waals surface area contributed by atoms with Crippen LogP contribution in [-0.2, 0) is 14.3 Å². The Labute approximate surface area is 84.4 Å². The van der Waals surface area contributed by atoms with E-state index in [1.54, 1.807) is 0 Å². The zero-order valence-corrected chi connectivity index (χ0v) is 9.19. The summed E-state index contributed by atoms with van der Waals surface area (Å²) in [7, 11) is 0. The van der Waals surface area contributed by atoms with Crippen molar-refractivity contribution < 1.29 is 14.3 Å². The van der Waals surface area contributed by atoms with Crippen molar-refractivity contribution in [3.05, 3.63) is 0 Å². The van der Waals surface area contributed by atoms with Gasteiger partial charge in [0.25, 0.3) is 0 Å². The molecule has 0 bridgehead atoms. The zero-order chi connectivity index (χ0) is 10.7. The minimum absolute atomic E-state index is 0.562. The summed E-state index contributed by atoms with van der Waals surface area (Å²) < 4.78 is 3.97. The van der Waals surface area contributed by atoms with Crippen LogP contribution in [0.2, 0.25) is 0 Å². The number of hydrogen-bond donors (Lipinski definition) is 0. The van der Waals surface area contributed by atoms with Crippen LogP contribution in [0.25, 0.3) is 0 Å². The minimum Gasteiger partial charge on any atom is -0.394 e. The van der Waals surface area contributed by atoms with Gasteiger partial charge >= 0.3 is 11.9 Å². The first-order valence-corrected chi connectivity index (χ1v) is 4.83. The predicted octanol–water partition coefficient (Wildman–Crippen LogP) is 2.51. The van der Waals surface area contributed by atoms with Crippen molar-refractivity contribution in [3.63, 3.8) is 0 Å². The number of carbonyl (C=O) groups is 2. The second-order valence-electron chi connectivity index (χ2n) is 2.48. The fraction of sp³-hybridized carbons (Fsp3) is 0.778. The van der Waals surface area contributed by atoms with E-state index < -0.39 is 11.9 Å². The smallest absolute Gasteiger partial charge is 0.310 e. The summed E-state index contributed by atoms with van der Waals surface area (Å²) in [5, 5.41) is 0. The van der Waals surface area contributed by atoms with Gasteiger partial charge in [-0.3, -0.25) is 9.59 Å². The molecule has 0 spiro atoms. The number of halogens is 1. The lowest BCUT2D eigenvalue weighted by atomic mass is 10.3. The van der Waals surface area contributed by atoms with Crippen LogP contribution in [0, 0.1) is 0 Å². The Morgan fingerprint density at radius 1 is 1.15 bits per heavy atom. The summed E-state index contributed by atoms with van der Waals surface area (Å²) >= 11 is 5.38. The lowest BCUT2D eigenvalue weighted by Gasteiger charge is -1.87. The Morgan fingerprint density at radius 2 is 1.62 bits per heavy atom. The summed E-state index contributed by atoms with van der Waals surface area (Å²) in [4.78, 5) is 19.6. The fourth-order valence-electron chi connectivity index (χ4n) is 0.547. The highest BCUT2D eigenvalue weighted by atomic mass is 35.5. The molecule has 78 valence electrons. The Bertz CT molecular complexity index is 130. The normalized spacial score (nSPS) is 8.31. The van der Waals surface area contributed by atoms with Crippen LogP contribution in [0.4, 0.5) is 0 Å². The van der Waals surface area contributed by atoms with E-state index in [0.717, 1.165) is 5.88 Å². The molecule has 0 saturated heterocycles. The molecule has 0 fully saturated rings. The first-order chi connectivity index (χ1) is 6.04. The fourth-order valence-corrected chi connectivity index (χ4v) is 0.736. The second-order valence-corrected chi connectivity index (χ2v) is 2.86. The van der Waals surface area contributed by atoms with E-state index in [4.69, 9.17) is 11.6 Å². The van der Waals surface area contributed by atoms with Crippen molar-refractivity contribution >= 4 is 23.5 Å². The summed E-state index contributed by atoms with van der Waals surface area (Å²) in [6.07, 6.45) is 3.73. The first kappa shape index (κ1) is 14.9. The number of carbonyl (C=O) groups excluding carboxylic acids is 2. The van der Waals surface area contributed by atoms with Gasteiger partial charge in [-0.2, -0.15) is 0 Å². The maximum absolute atomic E-state index is 9.81. The molecule has 3 nitrogen and oxygen atoms in total. The molecule has 0 N–H and O–H groups in total. The average Bonchev–Trinajstić information content (AvgIpc) is 1.99. The van der Waals surface area contributed by atoms with Gasteiger partial charge in [-0.15, -0.1) is 11.6 Å². The lowest BCUT2D eigenvalue weighted by molar-refractivity contribution is -0.156. The molecule has 13 heavy (non-hydrogen) atoms. The quantitative estimate of drug-likeness (QED) is 0.310. The topological polar surface area (TPSA) is 43.4 Å². The maximum Gasteiger partial charge on any atom is 0.310 e. The maximum atomic E-state index is 9.81. The van der Waals surface area contributed by atoms with Crippen LogP contribution in [0.3, 0.4) is 0 Å². The molecule has 0 aliphatic rings. The number of unbranched alkanes of at least 4 members (excludes halogenated alkanes) is 2. The Hall–Kier alpha value is -0.570. The predicted molar refractivity (Wildman–Crippen MR) is 52.7 cm³/mol. The van der Waals surface area contributed by atoms with Crippen LogP contribution in [0.15, 0.2) is 0 Å². The van der Waals surface area contributed by atoms with E-state index in [-0.39, 0.29) is 0 Å². The number of hydrogen-bond acceptors (Lipinski definition) is 3. The summed E-state index contributed by atoms with van der Waals surface area (Å²) in [5.74, 6) is -0.298. The van der Waals surface area contributed by atoms with Gasteiger partial charge in [0.2, 0.25) is 0 Å². The lowest BCUT2D eigenvalue weighted by Crippen LogP contribution is -2.03. The number of rotatable bonds is 3. The van der Waals surface area contributed by atoms with Crippen molar-refractivity contribution in [2.75, 3.05) is 5.88 Å². The van der Waals surface area contributed by atoms with E-state index >= 15 is 0 Å². The Kier molecular flexibility index (Phi) is 13.1. The van der Waals surface area contributed by atoms with E-state index in [0.29, 0.717) is 0 Å². The van der Waals surface area contributed by atoms with Crippen LogP contribution in [0.5, 0.6) is 0 Å². The standard InChI is InChI=1S/C5H11Cl.C4H6O3/c1-2-3-4-5-6;1-3(5)7-4(2)6/h2-5H2,1H3;1-2H3. The van der Waals surface area contributed by atoms with Gasteiger partial charge in [0.05, 0.1) is 0 Å². The highest BCUT2D eigenvalue weighted by molar-refractivity contribution is 6.17. The van der Waals surface area contributed by atoms with Gasteiger partial charge in [-0.1, -0.05) is 19.8 Å². The van der Waals surface area contributed by atoms with Crippen molar-refractivity contribution in [1.82, 2.24) is 0 Å². The monoisotopic (exact) mass is 208 g/mol. The Balaban J connectivity index is 0. The van der Waals surface area contributed by atoms with Gasteiger partial charge < -0.3 is 4.74 Å². The van der Waals surface area contributed by atoms with E-state index in [1.807, 2.05) is 0 Å². The SMILES string of the molecule is CC(=O)OC(C)=O.CCCCCCl. The van der Waals surface area contributed by atoms with Crippen LogP contribution < -0.4 is 0 Å². The van der Waals surface area contributed by atoms with Crippen LogP contribution in [0.1, 0.15) is 40.0 Å². The molecule has 4 heteroatoms. The van der Waals surface area contributed by atoms with E-state index in [9.17, 15) is 9.59 Å². The highest BCUT2D eigenvalue weighted by Gasteiger charge is 1.93. The molecular weight excluding hydrogens is 192 g/mol. The van der Waals surface area contributed by atoms with Gasteiger partial charge in [0, 0.05) is 19.7 Å². The molecule has 0 heterocycles. The second kappa shape index (κ2) is 11.4. The molecule has 0 aromatic carbocycles. The zero-order valence-electron chi connectivity index (χ0n) is 8.43. The number of alkyl halides is 1. The van der Waals surface area contributed by atoms with E-state index in [2.05, 4.69) is 11.7 Å². The molecule has 0 saturated carbocycles. The van der Waals surface area contributed by atoms with Crippen molar-refractivity contribution in [2.45, 2.75) is 40.0 Å². The first-order valence-electron chi connectivity index (χ1n) is 4.29. The molecule has 0 unspecified atom stereocenters. The summed E-state index contributed by atoms with van der Waals surface area (Å²) in [5.41, 5.74) is 0. The minimum atomic E-state index is -0.562. The highest BCUT2D eigenvalue weighted by Crippen LogP contribution is 1.93. The third-order valence-electron chi connectivity index (χ3n) is 1.02. The van der Waals surface area contributed by atoms with E-state index in [1.165, 1.54) is 33.1 Å². The van der Waals surface area contributed by atoms with Crippen LogP contribution in [-0.4, -0.2) is 17.8 Å². The third kappa shape index (κ3) is 24.6. The molecule has 0 aromatic heterocycles. The molecule has 0 radical (unpaired) electrons. The van der Waals surface area contributed by atoms with Crippen molar-refractivity contribution in [1.29, 1.82) is 0 Å². The Morgan fingerprint density at radius 3 is 1.69 bits per heavy atom. The van der Waals surface area contributed by atoms with Crippen LogP contribution >= 0.6 is 11.6 Å². The van der Waals surface area contributed by atoms with Gasteiger partial charge in [-0.05, 0) is 6.42 Å². The van der Waals surface area contributed by atoms with Gasteiger partial charge in [-0.25, -0.2) is 0 Å². The molecule has 0 amide bonds. The molecule has 0 rings (SSSR count). The van der Waals surface area contributed by atoms with Crippen molar-refractivity contribution in [2.24, 2.45) is 0 Å². The molecule has 0 aromatic rings. The summed E-state index contributed by atoms with van der Waals surface area (Å²) in [6.45, 7) is 4.54. The molecule has 0 aliphatic heterocycles. The van der Waals surface area contributed by atoms with Gasteiger partial charge in [0.1, 0.15) is 0 Å². The molecule has 0 aliphatic carbocycles. The average molecular weight is 209 g/mol. The number of esters is 2. The third-order valence-corrected chi connectivity index (χ3v) is 1.29. The summed E-state index contributed by atoms with van der Waals surface area (Å²) in [6, 6.07) is 0. The van der Waals surface area contributed by atoms with Crippen molar-refractivity contribution in [3.8, 4) is 0 Å². The number of ether oxygens (including phenoxy) is 1.